The van der Waals surface area contributed by atoms with Crippen molar-refractivity contribution in [3.05, 3.63) is 23.7 Å². The molecule has 0 bridgehead atoms. The third-order valence-electron chi connectivity index (χ3n) is 8.48. The molecule has 0 aliphatic heterocycles. The molecule has 3 saturated carbocycles. The molecule has 0 aromatic carbocycles. The van der Waals surface area contributed by atoms with Gasteiger partial charge >= 0.3 is 0 Å². The van der Waals surface area contributed by atoms with Crippen molar-refractivity contribution in [3.63, 3.8) is 0 Å². The first kappa shape index (κ1) is 23.0. The third-order valence-corrected chi connectivity index (χ3v) is 9.52. The zero-order valence-electron chi connectivity index (χ0n) is 20.5. The minimum absolute atomic E-state index is 0.116. The van der Waals surface area contributed by atoms with Crippen molar-refractivity contribution in [1.29, 1.82) is 0 Å². The first-order chi connectivity index (χ1) is 16.7. The Balaban J connectivity index is 1.48. The molecule has 3 heterocycles. The van der Waals surface area contributed by atoms with E-state index in [4.69, 9.17) is 15.0 Å². The average Bonchev–Trinajstić information content (AvgIpc) is 3.69. The normalized spacial score (nSPS) is 30.4. The summed E-state index contributed by atoms with van der Waals surface area (Å²) in [5.74, 6) is 1.20. The van der Waals surface area contributed by atoms with E-state index in [1.165, 1.54) is 24.2 Å². The number of fused-ring (bicyclic) bond motifs is 2. The highest BCUT2D eigenvalue weighted by atomic mass is 32.1. The van der Waals surface area contributed by atoms with Crippen molar-refractivity contribution in [2.45, 2.75) is 63.8 Å². The van der Waals surface area contributed by atoms with Gasteiger partial charge in [-0.2, -0.15) is 4.98 Å². The Bertz CT molecular complexity index is 1310. The highest BCUT2D eigenvalue weighted by molar-refractivity contribution is 7.21. The Kier molecular flexibility index (Phi) is 5.13. The molecular weight excluding hydrogens is 464 g/mol. The predicted octanol–water partition coefficient (Wildman–Crippen LogP) is 2.86. The van der Waals surface area contributed by atoms with Crippen LogP contribution in [0.25, 0.3) is 20.8 Å². The molecule has 0 spiro atoms. The van der Waals surface area contributed by atoms with Crippen molar-refractivity contribution < 1.29 is 15.3 Å². The van der Waals surface area contributed by atoms with Gasteiger partial charge in [-0.3, -0.25) is 4.98 Å². The Morgan fingerprint density at radius 1 is 1.17 bits per heavy atom. The molecule has 186 valence electrons. The largest absolute Gasteiger partial charge is 0.396 e. The van der Waals surface area contributed by atoms with Crippen molar-refractivity contribution in [2.24, 2.45) is 17.8 Å². The number of aliphatic hydroxyl groups is 3. The smallest absolute Gasteiger partial charge is 0.225 e. The zero-order chi connectivity index (χ0) is 24.7. The maximum absolute atomic E-state index is 11.9. The summed E-state index contributed by atoms with van der Waals surface area (Å²) >= 11 is 1.54. The molecule has 3 aliphatic rings. The van der Waals surface area contributed by atoms with Crippen LogP contribution in [0.5, 0.6) is 0 Å². The molecule has 10 heteroatoms. The van der Waals surface area contributed by atoms with E-state index in [-0.39, 0.29) is 24.5 Å². The Hall–Kier alpha value is -2.40. The molecule has 0 amide bonds. The van der Waals surface area contributed by atoms with Crippen LogP contribution in [0.15, 0.2) is 12.3 Å². The summed E-state index contributed by atoms with van der Waals surface area (Å²) < 4.78 is 1.02. The van der Waals surface area contributed by atoms with E-state index in [0.29, 0.717) is 30.5 Å². The monoisotopic (exact) mass is 496 g/mol. The number of aliphatic hydroxyl groups excluding tert-OH is 1. The minimum atomic E-state index is -1.55. The summed E-state index contributed by atoms with van der Waals surface area (Å²) in [5.41, 5.74) is 0.260. The van der Waals surface area contributed by atoms with Crippen LogP contribution in [0.3, 0.4) is 0 Å². The van der Waals surface area contributed by atoms with E-state index >= 15 is 0 Å². The van der Waals surface area contributed by atoms with Gasteiger partial charge in [-0.05, 0) is 58.4 Å². The molecule has 6 rings (SSSR count). The van der Waals surface area contributed by atoms with Crippen LogP contribution in [0.2, 0.25) is 0 Å². The fourth-order valence-electron chi connectivity index (χ4n) is 6.09. The summed E-state index contributed by atoms with van der Waals surface area (Å²) in [7, 11) is 1.77. The Morgan fingerprint density at radius 2 is 1.94 bits per heavy atom. The molecule has 0 radical (unpaired) electrons. The van der Waals surface area contributed by atoms with Crippen LogP contribution in [0.4, 0.5) is 11.8 Å². The molecule has 0 saturated heterocycles. The minimum Gasteiger partial charge on any atom is -0.396 e. The number of thiazole rings is 1. The maximum Gasteiger partial charge on any atom is 0.225 e. The molecule has 3 aromatic rings. The molecule has 3 fully saturated rings. The summed E-state index contributed by atoms with van der Waals surface area (Å²) in [6.45, 7) is 5.86. The Morgan fingerprint density at radius 3 is 2.60 bits per heavy atom. The van der Waals surface area contributed by atoms with Gasteiger partial charge in [-0.1, -0.05) is 0 Å². The van der Waals surface area contributed by atoms with Gasteiger partial charge in [0.15, 0.2) is 5.72 Å². The lowest BCUT2D eigenvalue weighted by atomic mass is 9.98. The summed E-state index contributed by atoms with van der Waals surface area (Å²) in [6, 6.07) is 2.20. The quantitative estimate of drug-likeness (QED) is 0.365. The van der Waals surface area contributed by atoms with E-state index in [1.807, 2.05) is 19.9 Å². The molecule has 9 nitrogen and oxygen atoms in total. The van der Waals surface area contributed by atoms with Gasteiger partial charge in [-0.25, -0.2) is 9.97 Å². The standard InChI is InChI=1S/C25H32N6O3S/c1-12(15-5-6-15)27-23-28-13(2)19(22-29-20-14(3)26-10-8-18(20)35-22)21(30-23)31(4)24(33)9-7-16-17(11-32)25(16,24)34/h8,10,12,15-17,32-34H,5-7,9,11H2,1-4H3,(H,27,28,30). The van der Waals surface area contributed by atoms with E-state index in [2.05, 4.69) is 17.2 Å². The van der Waals surface area contributed by atoms with Gasteiger partial charge in [-0.15, -0.1) is 11.3 Å². The van der Waals surface area contributed by atoms with Crippen LogP contribution in [-0.4, -0.2) is 66.3 Å². The van der Waals surface area contributed by atoms with Crippen LogP contribution < -0.4 is 10.2 Å². The van der Waals surface area contributed by atoms with Gasteiger partial charge in [0.2, 0.25) is 5.95 Å². The number of rotatable bonds is 7. The van der Waals surface area contributed by atoms with E-state index in [0.717, 1.165) is 32.2 Å². The fraction of sp³-hybridized carbons (Fsp3) is 0.600. The second kappa shape index (κ2) is 7.80. The lowest BCUT2D eigenvalue weighted by molar-refractivity contribution is -0.0947. The van der Waals surface area contributed by atoms with Crippen LogP contribution in [0.1, 0.15) is 44.0 Å². The SMILES string of the molecule is Cc1nc(NC(C)C2CC2)nc(N(C)C2(O)CCC3C(CO)C32O)c1-c1nc2c(C)nccc2s1. The van der Waals surface area contributed by atoms with Crippen molar-refractivity contribution in [1.82, 2.24) is 19.9 Å². The second-order valence-electron chi connectivity index (χ2n) is 10.5. The summed E-state index contributed by atoms with van der Waals surface area (Å²) in [4.78, 5) is 20.6. The number of hydrogen-bond acceptors (Lipinski definition) is 10. The van der Waals surface area contributed by atoms with Crippen molar-refractivity contribution in [3.8, 4) is 10.6 Å². The molecule has 3 aliphatic carbocycles. The van der Waals surface area contributed by atoms with Crippen LogP contribution >= 0.6 is 11.3 Å². The van der Waals surface area contributed by atoms with Gasteiger partial charge < -0.3 is 25.5 Å². The number of anilines is 2. The van der Waals surface area contributed by atoms with E-state index in [1.54, 1.807) is 18.1 Å². The number of aryl methyl sites for hydroxylation is 2. The van der Waals surface area contributed by atoms with Crippen LogP contribution in [-0.2, 0) is 0 Å². The second-order valence-corrected chi connectivity index (χ2v) is 11.5. The average molecular weight is 497 g/mol. The fourth-order valence-corrected chi connectivity index (χ4v) is 7.20. The Labute approximate surface area is 208 Å². The first-order valence-corrected chi connectivity index (χ1v) is 13.2. The third kappa shape index (κ3) is 3.30. The lowest BCUT2D eigenvalue weighted by Crippen LogP contribution is -2.57. The summed E-state index contributed by atoms with van der Waals surface area (Å²) in [6.07, 6.45) is 5.23. The lowest BCUT2D eigenvalue weighted by Gasteiger charge is -2.41. The zero-order valence-corrected chi connectivity index (χ0v) is 21.3. The first-order valence-electron chi connectivity index (χ1n) is 12.4. The number of aromatic nitrogens is 4. The molecular formula is C25H32N6O3S. The van der Waals surface area contributed by atoms with E-state index in [9.17, 15) is 15.3 Å². The van der Waals surface area contributed by atoms with Gasteiger partial charge in [0.1, 0.15) is 21.9 Å². The predicted molar refractivity (Wildman–Crippen MR) is 135 cm³/mol. The molecule has 3 aromatic heterocycles. The number of nitrogens with one attached hydrogen (secondary N) is 1. The highest BCUT2D eigenvalue weighted by Crippen LogP contribution is 2.66. The van der Waals surface area contributed by atoms with Crippen molar-refractivity contribution >= 4 is 33.3 Å². The van der Waals surface area contributed by atoms with E-state index < -0.39 is 11.3 Å². The summed E-state index contributed by atoms with van der Waals surface area (Å²) in [5, 5.41) is 37.3. The van der Waals surface area contributed by atoms with Gasteiger partial charge in [0, 0.05) is 37.7 Å². The van der Waals surface area contributed by atoms with Crippen LogP contribution in [0, 0.1) is 31.6 Å². The molecule has 4 N–H and O–H groups in total. The van der Waals surface area contributed by atoms with Crippen molar-refractivity contribution in [2.75, 3.05) is 23.9 Å². The topological polar surface area (TPSA) is 128 Å². The molecule has 35 heavy (non-hydrogen) atoms. The number of nitrogens with zero attached hydrogens (tertiary/aromatic N) is 5. The van der Waals surface area contributed by atoms with Gasteiger partial charge in [0.05, 0.1) is 21.7 Å². The molecule has 5 atom stereocenters. The molecule has 5 unspecified atom stereocenters. The van der Waals surface area contributed by atoms with Gasteiger partial charge in [0.25, 0.3) is 0 Å². The number of hydrogen-bond donors (Lipinski definition) is 4. The number of pyridine rings is 1. The maximum atomic E-state index is 11.9. The number of likely N-dealkylation sites (N-methyl/N-ethyl adjacent to an activating group) is 1. The highest BCUT2D eigenvalue weighted by Gasteiger charge is 2.78.